The number of aryl methyl sites for hydroxylation is 1. The molecular weight excluding hydrogens is 320 g/mol. The van der Waals surface area contributed by atoms with Crippen LogP contribution in [-0.2, 0) is 6.61 Å². The SMILES string of the molecule is Cc1cc(-c2c[nH]c(C(C)C)n2)ccc1OCc1ccc(Cl)cc1. The van der Waals surface area contributed by atoms with Gasteiger partial charge in [0.05, 0.1) is 5.69 Å². The number of imidazole rings is 1. The molecule has 0 aliphatic rings. The predicted molar refractivity (Wildman–Crippen MR) is 98.6 cm³/mol. The second-order valence-electron chi connectivity index (χ2n) is 6.22. The van der Waals surface area contributed by atoms with E-state index in [4.69, 9.17) is 16.3 Å². The summed E-state index contributed by atoms with van der Waals surface area (Å²) in [5.74, 6) is 2.28. The standard InChI is InChI=1S/C20H21ClN2O/c1-13(2)20-22-11-18(23-20)16-6-9-19(14(3)10-16)24-12-15-4-7-17(21)8-5-15/h4-11,13H,12H2,1-3H3,(H,22,23). The molecule has 3 nitrogen and oxygen atoms in total. The number of hydrogen-bond acceptors (Lipinski definition) is 2. The predicted octanol–water partition coefficient (Wildman–Crippen LogP) is 5.74. The lowest BCUT2D eigenvalue weighted by atomic mass is 10.1. The summed E-state index contributed by atoms with van der Waals surface area (Å²) in [6, 6.07) is 13.9. The van der Waals surface area contributed by atoms with Crippen molar-refractivity contribution in [3.05, 3.63) is 70.6 Å². The van der Waals surface area contributed by atoms with Crippen molar-refractivity contribution in [3.63, 3.8) is 0 Å². The number of rotatable bonds is 5. The van der Waals surface area contributed by atoms with Crippen LogP contribution in [0.3, 0.4) is 0 Å². The van der Waals surface area contributed by atoms with E-state index >= 15 is 0 Å². The third-order valence-electron chi connectivity index (χ3n) is 3.92. The summed E-state index contributed by atoms with van der Waals surface area (Å²) in [4.78, 5) is 7.88. The Bertz CT molecular complexity index is 822. The quantitative estimate of drug-likeness (QED) is 0.643. The normalized spacial score (nSPS) is 11.0. The average Bonchev–Trinajstić information content (AvgIpc) is 3.05. The molecule has 2 aromatic carbocycles. The lowest BCUT2D eigenvalue weighted by Gasteiger charge is -2.10. The summed E-state index contributed by atoms with van der Waals surface area (Å²) in [5.41, 5.74) is 4.24. The van der Waals surface area contributed by atoms with E-state index in [0.29, 0.717) is 12.5 Å². The fourth-order valence-corrected chi connectivity index (χ4v) is 2.62. The van der Waals surface area contributed by atoms with Gasteiger partial charge in [0.2, 0.25) is 0 Å². The molecule has 3 rings (SSSR count). The van der Waals surface area contributed by atoms with E-state index in [-0.39, 0.29) is 0 Å². The maximum atomic E-state index is 5.93. The van der Waals surface area contributed by atoms with Gasteiger partial charge in [0.25, 0.3) is 0 Å². The van der Waals surface area contributed by atoms with E-state index in [2.05, 4.69) is 36.8 Å². The first-order valence-electron chi connectivity index (χ1n) is 8.06. The highest BCUT2D eigenvalue weighted by molar-refractivity contribution is 6.30. The minimum atomic E-state index is 0.391. The lowest BCUT2D eigenvalue weighted by molar-refractivity contribution is 0.304. The Morgan fingerprint density at radius 1 is 1.12 bits per heavy atom. The van der Waals surface area contributed by atoms with Gasteiger partial charge < -0.3 is 9.72 Å². The molecule has 0 aliphatic carbocycles. The first-order valence-corrected chi connectivity index (χ1v) is 8.44. The molecule has 1 aromatic heterocycles. The molecule has 0 aliphatic heterocycles. The fraction of sp³-hybridized carbons (Fsp3) is 0.250. The van der Waals surface area contributed by atoms with Gasteiger partial charge in [0, 0.05) is 22.7 Å². The topological polar surface area (TPSA) is 37.9 Å². The molecule has 0 fully saturated rings. The van der Waals surface area contributed by atoms with Crippen LogP contribution in [0.5, 0.6) is 5.75 Å². The molecule has 1 N–H and O–H groups in total. The zero-order valence-electron chi connectivity index (χ0n) is 14.1. The van der Waals surface area contributed by atoms with Crippen LogP contribution in [-0.4, -0.2) is 9.97 Å². The molecule has 0 saturated heterocycles. The van der Waals surface area contributed by atoms with Crippen LogP contribution in [0.1, 0.15) is 36.7 Å². The van der Waals surface area contributed by atoms with Crippen molar-refractivity contribution in [1.29, 1.82) is 0 Å². The monoisotopic (exact) mass is 340 g/mol. The molecule has 0 bridgehead atoms. The molecule has 1 heterocycles. The summed E-state index contributed by atoms with van der Waals surface area (Å²) in [6.45, 7) is 6.83. The van der Waals surface area contributed by atoms with Gasteiger partial charge in [-0.3, -0.25) is 0 Å². The van der Waals surface area contributed by atoms with Crippen LogP contribution < -0.4 is 4.74 Å². The van der Waals surface area contributed by atoms with Crippen LogP contribution in [0.15, 0.2) is 48.7 Å². The average molecular weight is 341 g/mol. The molecule has 0 atom stereocenters. The number of aromatic nitrogens is 2. The largest absolute Gasteiger partial charge is 0.489 e. The molecular formula is C20H21ClN2O. The van der Waals surface area contributed by atoms with Gasteiger partial charge in [-0.1, -0.05) is 37.6 Å². The van der Waals surface area contributed by atoms with Crippen LogP contribution in [0.2, 0.25) is 5.02 Å². The number of ether oxygens (including phenoxy) is 1. The van der Waals surface area contributed by atoms with Crippen LogP contribution in [0.25, 0.3) is 11.3 Å². The first kappa shape index (κ1) is 16.6. The smallest absolute Gasteiger partial charge is 0.122 e. The second kappa shape index (κ2) is 7.10. The van der Waals surface area contributed by atoms with Gasteiger partial charge in [-0.2, -0.15) is 0 Å². The molecule has 4 heteroatoms. The van der Waals surface area contributed by atoms with E-state index in [9.17, 15) is 0 Å². The molecule has 0 unspecified atom stereocenters. The van der Waals surface area contributed by atoms with Crippen molar-refractivity contribution in [2.24, 2.45) is 0 Å². The molecule has 0 spiro atoms. The lowest BCUT2D eigenvalue weighted by Crippen LogP contribution is -1.97. The molecule has 0 radical (unpaired) electrons. The maximum absolute atomic E-state index is 5.93. The minimum absolute atomic E-state index is 0.391. The highest BCUT2D eigenvalue weighted by atomic mass is 35.5. The van der Waals surface area contributed by atoms with Crippen molar-refractivity contribution in [2.75, 3.05) is 0 Å². The Balaban J connectivity index is 1.73. The number of hydrogen-bond donors (Lipinski definition) is 1. The highest BCUT2D eigenvalue weighted by Gasteiger charge is 2.09. The zero-order valence-corrected chi connectivity index (χ0v) is 14.9. The number of halogens is 1. The third kappa shape index (κ3) is 3.80. The van der Waals surface area contributed by atoms with Gasteiger partial charge in [0.1, 0.15) is 18.2 Å². The van der Waals surface area contributed by atoms with Crippen molar-refractivity contribution in [2.45, 2.75) is 33.3 Å². The number of benzene rings is 2. The molecule has 3 aromatic rings. The maximum Gasteiger partial charge on any atom is 0.122 e. The van der Waals surface area contributed by atoms with Gasteiger partial charge in [-0.05, 0) is 48.4 Å². The van der Waals surface area contributed by atoms with Gasteiger partial charge in [-0.15, -0.1) is 0 Å². The summed E-state index contributed by atoms with van der Waals surface area (Å²) in [7, 11) is 0. The molecule has 124 valence electrons. The molecule has 0 amide bonds. The Morgan fingerprint density at radius 3 is 2.50 bits per heavy atom. The number of nitrogens with zero attached hydrogens (tertiary/aromatic N) is 1. The first-order chi connectivity index (χ1) is 11.5. The van der Waals surface area contributed by atoms with Crippen molar-refractivity contribution in [1.82, 2.24) is 9.97 Å². The minimum Gasteiger partial charge on any atom is -0.489 e. The Kier molecular flexibility index (Phi) is 4.91. The Hall–Kier alpha value is -2.26. The van der Waals surface area contributed by atoms with Crippen molar-refractivity contribution in [3.8, 4) is 17.0 Å². The van der Waals surface area contributed by atoms with Crippen molar-refractivity contribution >= 4 is 11.6 Å². The highest BCUT2D eigenvalue weighted by Crippen LogP contribution is 2.27. The summed E-state index contributed by atoms with van der Waals surface area (Å²) in [5, 5.41) is 0.735. The van der Waals surface area contributed by atoms with E-state index in [1.165, 1.54) is 0 Å². The molecule has 24 heavy (non-hydrogen) atoms. The van der Waals surface area contributed by atoms with E-state index in [0.717, 1.165) is 39.0 Å². The van der Waals surface area contributed by atoms with Gasteiger partial charge in [0.15, 0.2) is 0 Å². The van der Waals surface area contributed by atoms with Crippen molar-refractivity contribution < 1.29 is 4.74 Å². The van der Waals surface area contributed by atoms with E-state index < -0.39 is 0 Å². The number of H-pyrrole nitrogens is 1. The van der Waals surface area contributed by atoms with Gasteiger partial charge >= 0.3 is 0 Å². The zero-order chi connectivity index (χ0) is 17.1. The fourth-order valence-electron chi connectivity index (χ4n) is 2.49. The summed E-state index contributed by atoms with van der Waals surface area (Å²) in [6.07, 6.45) is 1.96. The van der Waals surface area contributed by atoms with Gasteiger partial charge in [-0.25, -0.2) is 4.98 Å². The van der Waals surface area contributed by atoms with Crippen LogP contribution in [0.4, 0.5) is 0 Å². The Labute approximate surface area is 147 Å². The second-order valence-corrected chi connectivity index (χ2v) is 6.66. The van der Waals surface area contributed by atoms with E-state index in [1.807, 2.05) is 42.6 Å². The Morgan fingerprint density at radius 2 is 1.88 bits per heavy atom. The molecule has 0 saturated carbocycles. The summed E-state index contributed by atoms with van der Waals surface area (Å²) >= 11 is 5.90. The van der Waals surface area contributed by atoms with E-state index in [1.54, 1.807) is 0 Å². The number of aromatic amines is 1. The summed E-state index contributed by atoms with van der Waals surface area (Å²) < 4.78 is 5.93. The van der Waals surface area contributed by atoms with Crippen LogP contribution >= 0.6 is 11.6 Å². The number of nitrogens with one attached hydrogen (secondary N) is 1. The third-order valence-corrected chi connectivity index (χ3v) is 4.17. The van der Waals surface area contributed by atoms with Crippen LogP contribution in [0, 0.1) is 6.92 Å².